The van der Waals surface area contributed by atoms with Gasteiger partial charge in [0.05, 0.1) is 0 Å². The number of carboxylic acid groups (broad SMARTS) is 3. The fraction of sp³-hybridized carbons (Fsp3) is 0.550. The van der Waals surface area contributed by atoms with Crippen LogP contribution in [0.5, 0.6) is 0 Å². The van der Waals surface area contributed by atoms with Gasteiger partial charge in [0.25, 0.3) is 0 Å². The first kappa shape index (κ1) is 25.3. The molecule has 0 amide bonds. The van der Waals surface area contributed by atoms with Crippen LogP contribution in [-0.2, 0) is 20.8 Å². The van der Waals surface area contributed by atoms with E-state index in [4.69, 9.17) is 5.11 Å². The summed E-state index contributed by atoms with van der Waals surface area (Å²) in [6.07, 6.45) is 0.600. The van der Waals surface area contributed by atoms with Crippen LogP contribution in [0.1, 0.15) is 5.56 Å². The predicted octanol–water partition coefficient (Wildman–Crippen LogP) is -0.470. The van der Waals surface area contributed by atoms with Gasteiger partial charge in [-0.15, -0.1) is 0 Å². The van der Waals surface area contributed by atoms with Gasteiger partial charge in [0, 0.05) is 0 Å². The van der Waals surface area contributed by atoms with Crippen LogP contribution in [0.3, 0.4) is 0 Å². The maximum atomic E-state index is 11.5. The van der Waals surface area contributed by atoms with Crippen molar-refractivity contribution in [1.29, 1.82) is 0 Å². The topological polar surface area (TPSA) is 122 Å². The van der Waals surface area contributed by atoms with E-state index in [0.29, 0.717) is 39.1 Å². The standard InChI is InChI=1S/C20H29N3O6Xe/c1-30-17-4-2-15(3-5-17)10-16-11-22(13-19(26)27)7-6-21(12-18(24)25)8-9-23(16)14-20(28)29/h2-5,16H,6-14H2,1H3,(H,24,25)(H,26,27)(H,28,29). The molecule has 1 saturated heterocycles. The Morgan fingerprint density at radius 2 is 1.40 bits per heavy atom. The molecular weight excluding hydrogens is 510 g/mol. The summed E-state index contributed by atoms with van der Waals surface area (Å²) in [5.74, 6) is -2.88. The van der Waals surface area contributed by atoms with Gasteiger partial charge in [-0.05, 0) is 0 Å². The fourth-order valence-corrected chi connectivity index (χ4v) is 4.63. The van der Waals surface area contributed by atoms with Crippen LogP contribution >= 0.6 is 0 Å². The molecular formula is C20H29N3O6Xe. The van der Waals surface area contributed by atoms with Crippen LogP contribution in [0.15, 0.2) is 24.3 Å². The van der Waals surface area contributed by atoms with Crippen LogP contribution < -0.4 is 0.0314 Å². The van der Waals surface area contributed by atoms with Crippen molar-refractivity contribution in [2.45, 2.75) is 13.9 Å². The molecule has 168 valence electrons. The molecule has 0 spiro atoms. The molecule has 9 nitrogen and oxygen atoms in total. The number of nitrogens with zero attached hydrogens (tertiary/aromatic N) is 3. The van der Waals surface area contributed by atoms with Gasteiger partial charge < -0.3 is 5.11 Å². The Morgan fingerprint density at radius 1 is 0.867 bits per heavy atom. The van der Waals surface area contributed by atoms with E-state index in [9.17, 15) is 24.6 Å². The molecule has 30 heavy (non-hydrogen) atoms. The summed E-state index contributed by atoms with van der Waals surface area (Å²) < 4.78 is 3.47. The van der Waals surface area contributed by atoms with Crippen molar-refractivity contribution in [3.05, 3.63) is 29.8 Å². The first-order chi connectivity index (χ1) is 14.3. The average Bonchev–Trinajstić information content (AvgIpc) is 2.73. The predicted molar refractivity (Wildman–Crippen MR) is 107 cm³/mol. The molecule has 0 aromatic heterocycles. The van der Waals surface area contributed by atoms with Gasteiger partial charge in [0.1, 0.15) is 0 Å². The Hall–Kier alpha value is -0.919. The number of aliphatic carboxylic acids is 3. The number of hydrogen-bond acceptors (Lipinski definition) is 6. The van der Waals surface area contributed by atoms with Crippen LogP contribution in [0.25, 0.3) is 0 Å². The summed E-state index contributed by atoms with van der Waals surface area (Å²) in [6.45, 7) is 1.55. The first-order valence-electron chi connectivity index (χ1n) is 9.65. The zero-order valence-corrected chi connectivity index (χ0v) is 19.0. The second-order valence-corrected chi connectivity index (χ2v) is 9.48. The van der Waals surface area contributed by atoms with Gasteiger partial charge in [-0.1, -0.05) is 0 Å². The molecule has 1 heterocycles. The van der Waals surface area contributed by atoms with Crippen molar-refractivity contribution in [3.63, 3.8) is 0 Å². The zero-order valence-electron chi connectivity index (χ0n) is 17.0. The van der Waals surface area contributed by atoms with Crippen molar-refractivity contribution in [2.24, 2.45) is 0 Å². The third-order valence-electron chi connectivity index (χ3n) is 5.06. The van der Waals surface area contributed by atoms with Gasteiger partial charge >= 0.3 is 193 Å². The number of hydrogen-bond donors (Lipinski definition) is 3. The van der Waals surface area contributed by atoms with Crippen molar-refractivity contribution in [3.8, 4) is 0 Å². The van der Waals surface area contributed by atoms with E-state index in [1.165, 1.54) is 0.0314 Å². The Bertz CT molecular complexity index is 730. The van der Waals surface area contributed by atoms with Crippen LogP contribution in [-0.4, -0.2) is 106 Å². The summed E-state index contributed by atoms with van der Waals surface area (Å²) in [7, 11) is 0. The summed E-state index contributed by atoms with van der Waals surface area (Å²) in [4.78, 5) is 39.4. The third-order valence-corrected chi connectivity index (χ3v) is 6.90. The summed E-state index contributed by atoms with van der Waals surface area (Å²) in [5, 5.41) is 27.9. The molecule has 3 N–H and O–H groups in total. The molecule has 10 heteroatoms. The SMILES string of the molecule is C[Xe]c1ccc(CC2CN(CC(=O)O)CCN(CC(=O)O)CCN2CC(=O)O)cc1. The monoisotopic (exact) mass is 539 g/mol. The molecule has 0 saturated carbocycles. The van der Waals surface area contributed by atoms with E-state index in [2.05, 4.69) is 25.7 Å². The number of benzene rings is 1. The summed E-state index contributed by atoms with van der Waals surface area (Å²) in [5.41, 5.74) is 1.07. The second kappa shape index (κ2) is 12.8. The molecule has 0 aliphatic carbocycles. The fourth-order valence-electron chi connectivity index (χ4n) is 3.62. The third kappa shape index (κ3) is 9.06. The van der Waals surface area contributed by atoms with E-state index in [1.807, 2.05) is 4.90 Å². The maximum absolute atomic E-state index is 11.5. The van der Waals surface area contributed by atoms with Crippen molar-refractivity contribution in [2.75, 3.05) is 52.4 Å². The molecule has 1 unspecified atom stereocenters. The molecule has 2 rings (SSSR count). The quantitative estimate of drug-likeness (QED) is 0.383. The summed E-state index contributed by atoms with van der Waals surface area (Å²) in [6, 6.07) is 8.10. The molecule has 1 atom stereocenters. The van der Waals surface area contributed by atoms with Gasteiger partial charge in [0.2, 0.25) is 0 Å². The Morgan fingerprint density at radius 3 is 1.97 bits per heavy atom. The number of rotatable bonds is 9. The van der Waals surface area contributed by atoms with Crippen molar-refractivity contribution >= 4 is 17.9 Å². The Balaban J connectivity index is 2.26. The number of carbonyl (C=O) groups is 3. The van der Waals surface area contributed by atoms with Gasteiger partial charge in [-0.25, -0.2) is 0 Å². The van der Waals surface area contributed by atoms with E-state index < -0.39 is 17.9 Å². The zero-order chi connectivity index (χ0) is 22.1. The average molecular weight is 539 g/mol. The molecule has 1 aromatic rings. The first-order valence-corrected chi connectivity index (χ1v) is 12.7. The van der Waals surface area contributed by atoms with Crippen LogP contribution in [0.4, 0.5) is 0 Å². The van der Waals surface area contributed by atoms with Crippen molar-refractivity contribution < 1.29 is 73.9 Å². The van der Waals surface area contributed by atoms with Gasteiger partial charge in [0.15, 0.2) is 0 Å². The Labute approximate surface area is 200 Å². The van der Waals surface area contributed by atoms with E-state index in [0.717, 1.165) is 5.56 Å². The van der Waals surface area contributed by atoms with Crippen LogP contribution in [0, 0.1) is 44.2 Å². The molecule has 1 fully saturated rings. The molecule has 0 bridgehead atoms. The molecule has 1 aliphatic heterocycles. The van der Waals surface area contributed by atoms with Crippen molar-refractivity contribution in [1.82, 2.24) is 14.7 Å². The van der Waals surface area contributed by atoms with E-state index >= 15 is 0 Å². The molecule has 0 radical (unpaired) electrons. The minimum atomic E-state index is -0.960. The number of carboxylic acids is 3. The normalized spacial score (nSPS) is 19.7. The van der Waals surface area contributed by atoms with Gasteiger partial charge in [-0.2, -0.15) is 0 Å². The molecule has 1 aromatic carbocycles. The van der Waals surface area contributed by atoms with Gasteiger partial charge in [-0.3, -0.25) is 4.79 Å². The van der Waals surface area contributed by atoms with E-state index in [-0.39, 0.29) is 69.9 Å². The second-order valence-electron chi connectivity index (χ2n) is 7.31. The molecule has 1 aliphatic rings. The van der Waals surface area contributed by atoms with E-state index in [1.54, 1.807) is 9.80 Å². The van der Waals surface area contributed by atoms with Crippen LogP contribution in [0.2, 0.25) is 1.39 Å². The minimum absolute atomic E-state index is 0.159. The summed E-state index contributed by atoms with van der Waals surface area (Å²) >= 11 is 0.167. The Kier molecular flexibility index (Phi) is 10.8.